The molecule has 1 aromatic rings. The molecule has 1 aromatic carbocycles. The fourth-order valence-corrected chi connectivity index (χ4v) is 2.54. The summed E-state index contributed by atoms with van der Waals surface area (Å²) in [6.45, 7) is 8.39. The van der Waals surface area contributed by atoms with Gasteiger partial charge in [0.25, 0.3) is 0 Å². The number of ketones is 1. The zero-order valence-electron chi connectivity index (χ0n) is 12.8. The molecule has 110 valence electrons. The maximum Gasteiger partial charge on any atom is 0.163 e. The van der Waals surface area contributed by atoms with Gasteiger partial charge in [-0.2, -0.15) is 0 Å². The van der Waals surface area contributed by atoms with Crippen LogP contribution in [0.2, 0.25) is 0 Å². The molecule has 2 rings (SSSR count). The average Bonchev–Trinajstić information content (AvgIpc) is 2.38. The first-order valence-electron chi connectivity index (χ1n) is 7.20. The quantitative estimate of drug-likeness (QED) is 0.846. The summed E-state index contributed by atoms with van der Waals surface area (Å²) in [6, 6.07) is 9.86. The van der Waals surface area contributed by atoms with Gasteiger partial charge in [-0.25, -0.2) is 0 Å². The lowest BCUT2D eigenvalue weighted by Gasteiger charge is -2.42. The Balaban J connectivity index is 2.07. The van der Waals surface area contributed by atoms with Gasteiger partial charge in [0, 0.05) is 6.42 Å². The van der Waals surface area contributed by atoms with Gasteiger partial charge in [-0.1, -0.05) is 44.2 Å². The Labute approximate surface area is 121 Å². The van der Waals surface area contributed by atoms with Gasteiger partial charge in [-0.15, -0.1) is 0 Å². The van der Waals surface area contributed by atoms with E-state index >= 15 is 0 Å². The first-order chi connectivity index (χ1) is 9.31. The fraction of sp³-hybridized carbons (Fsp3) is 0.588. The second-order valence-corrected chi connectivity index (χ2v) is 6.45. The Hall–Kier alpha value is -1.19. The molecule has 1 heterocycles. The van der Waals surface area contributed by atoms with Crippen LogP contribution in [0.3, 0.4) is 0 Å². The third kappa shape index (κ3) is 3.47. The second kappa shape index (κ2) is 5.66. The fourth-order valence-electron chi connectivity index (χ4n) is 2.54. The molecule has 0 bridgehead atoms. The van der Waals surface area contributed by atoms with Crippen LogP contribution < -0.4 is 0 Å². The minimum Gasteiger partial charge on any atom is -0.350 e. The zero-order chi connectivity index (χ0) is 14.8. The number of carbonyl (C=O) groups is 1. The molecule has 1 saturated heterocycles. The van der Waals surface area contributed by atoms with Crippen LogP contribution in [0.5, 0.6) is 0 Å². The van der Waals surface area contributed by atoms with Crippen molar-refractivity contribution in [1.82, 2.24) is 0 Å². The van der Waals surface area contributed by atoms with E-state index in [9.17, 15) is 4.79 Å². The molecular weight excluding hydrogens is 252 g/mol. The van der Waals surface area contributed by atoms with Crippen LogP contribution in [-0.4, -0.2) is 24.3 Å². The van der Waals surface area contributed by atoms with Crippen molar-refractivity contribution in [2.24, 2.45) is 5.41 Å². The van der Waals surface area contributed by atoms with Crippen LogP contribution >= 0.6 is 0 Å². The summed E-state index contributed by atoms with van der Waals surface area (Å²) in [7, 11) is 0. The van der Waals surface area contributed by atoms with E-state index in [4.69, 9.17) is 9.47 Å². The van der Waals surface area contributed by atoms with Crippen LogP contribution in [0.1, 0.15) is 39.7 Å². The van der Waals surface area contributed by atoms with Crippen molar-refractivity contribution in [2.45, 2.75) is 52.4 Å². The van der Waals surface area contributed by atoms with Crippen molar-refractivity contribution in [3.63, 3.8) is 0 Å². The molecule has 0 unspecified atom stereocenters. The normalized spacial score (nSPS) is 22.5. The van der Waals surface area contributed by atoms with Gasteiger partial charge in [0.1, 0.15) is 5.78 Å². The highest BCUT2D eigenvalue weighted by atomic mass is 16.7. The van der Waals surface area contributed by atoms with Gasteiger partial charge in [0.2, 0.25) is 0 Å². The minimum absolute atomic E-state index is 0.0949. The van der Waals surface area contributed by atoms with E-state index in [2.05, 4.69) is 0 Å². The maximum absolute atomic E-state index is 12.6. The van der Waals surface area contributed by atoms with Gasteiger partial charge in [0.15, 0.2) is 5.79 Å². The molecule has 0 N–H and O–H groups in total. The molecule has 0 saturated carbocycles. The highest BCUT2D eigenvalue weighted by Gasteiger charge is 2.42. The lowest BCUT2D eigenvalue weighted by atomic mass is 9.78. The van der Waals surface area contributed by atoms with Crippen molar-refractivity contribution in [1.29, 1.82) is 0 Å². The molecule has 0 amide bonds. The predicted octanol–water partition coefficient (Wildman–Crippen LogP) is 3.37. The molecule has 0 radical (unpaired) electrons. The summed E-state index contributed by atoms with van der Waals surface area (Å²) < 4.78 is 11.5. The second-order valence-electron chi connectivity index (χ2n) is 6.45. The van der Waals surface area contributed by atoms with Crippen molar-refractivity contribution < 1.29 is 14.3 Å². The van der Waals surface area contributed by atoms with Crippen molar-refractivity contribution in [3.8, 4) is 0 Å². The minimum atomic E-state index is -0.604. The Morgan fingerprint density at radius 1 is 1.30 bits per heavy atom. The van der Waals surface area contributed by atoms with Crippen molar-refractivity contribution >= 4 is 5.78 Å². The highest BCUT2D eigenvalue weighted by Crippen LogP contribution is 2.35. The Morgan fingerprint density at radius 3 is 2.55 bits per heavy atom. The molecule has 0 aliphatic carbocycles. The summed E-state index contributed by atoms with van der Waals surface area (Å²) in [5, 5.41) is 0. The maximum atomic E-state index is 12.6. The molecule has 1 aliphatic heterocycles. The highest BCUT2D eigenvalue weighted by molar-refractivity contribution is 5.86. The molecular formula is C17H24O3. The van der Waals surface area contributed by atoms with Crippen LogP contribution in [-0.2, 0) is 20.7 Å². The zero-order valence-corrected chi connectivity index (χ0v) is 12.8. The third-order valence-electron chi connectivity index (χ3n) is 3.99. The van der Waals surface area contributed by atoms with Gasteiger partial charge in [0.05, 0.1) is 18.1 Å². The van der Waals surface area contributed by atoms with Crippen LogP contribution in [0.15, 0.2) is 30.3 Å². The number of carbonyl (C=O) groups excluding carboxylic acids is 1. The molecule has 3 nitrogen and oxygen atoms in total. The summed E-state index contributed by atoms with van der Waals surface area (Å²) in [5.41, 5.74) is 0.550. The van der Waals surface area contributed by atoms with Gasteiger partial charge >= 0.3 is 0 Å². The van der Waals surface area contributed by atoms with Gasteiger partial charge in [-0.3, -0.25) is 4.79 Å². The smallest absolute Gasteiger partial charge is 0.163 e. The SMILES string of the molecule is CC1(C)OCC[C@@H](C(C)(C)C(=O)Cc2ccccc2)O1. The van der Waals surface area contributed by atoms with E-state index in [1.807, 2.05) is 58.0 Å². The number of hydrogen-bond acceptors (Lipinski definition) is 3. The summed E-state index contributed by atoms with van der Waals surface area (Å²) in [4.78, 5) is 12.6. The number of rotatable bonds is 4. The van der Waals surface area contributed by atoms with E-state index in [0.717, 1.165) is 12.0 Å². The summed E-state index contributed by atoms with van der Waals surface area (Å²) in [6.07, 6.45) is 1.12. The van der Waals surface area contributed by atoms with E-state index in [0.29, 0.717) is 13.0 Å². The lowest BCUT2D eigenvalue weighted by Crippen LogP contribution is -2.49. The van der Waals surface area contributed by atoms with E-state index in [1.165, 1.54) is 0 Å². The molecule has 1 fully saturated rings. The molecule has 1 atom stereocenters. The van der Waals surface area contributed by atoms with Crippen molar-refractivity contribution in [3.05, 3.63) is 35.9 Å². The van der Waals surface area contributed by atoms with Crippen molar-refractivity contribution in [2.75, 3.05) is 6.61 Å². The van der Waals surface area contributed by atoms with Crippen LogP contribution in [0, 0.1) is 5.41 Å². The topological polar surface area (TPSA) is 35.5 Å². The predicted molar refractivity (Wildman–Crippen MR) is 78.5 cm³/mol. The first-order valence-corrected chi connectivity index (χ1v) is 7.20. The largest absolute Gasteiger partial charge is 0.350 e. The number of ether oxygens (including phenoxy) is 2. The Morgan fingerprint density at radius 2 is 1.95 bits per heavy atom. The standard InChI is InChI=1S/C17H24O3/c1-16(2,15-10-11-19-17(3,4)20-15)14(18)12-13-8-6-5-7-9-13/h5-9,15H,10-12H2,1-4H3/t15-/m0/s1. The molecule has 0 spiro atoms. The summed E-state index contributed by atoms with van der Waals surface area (Å²) >= 11 is 0. The number of hydrogen-bond donors (Lipinski definition) is 0. The molecule has 1 aliphatic rings. The van der Waals surface area contributed by atoms with Crippen LogP contribution in [0.25, 0.3) is 0 Å². The summed E-state index contributed by atoms with van der Waals surface area (Å²) in [5.74, 6) is -0.390. The lowest BCUT2D eigenvalue weighted by molar-refractivity contribution is -0.288. The molecule has 3 heteroatoms. The average molecular weight is 276 g/mol. The monoisotopic (exact) mass is 276 g/mol. The number of Topliss-reactive ketones (excluding diaryl/α,β-unsaturated/α-hetero) is 1. The van der Waals surface area contributed by atoms with Crippen LogP contribution in [0.4, 0.5) is 0 Å². The van der Waals surface area contributed by atoms with E-state index in [-0.39, 0.29) is 11.9 Å². The molecule has 0 aromatic heterocycles. The molecule has 20 heavy (non-hydrogen) atoms. The Bertz CT molecular complexity index is 462. The third-order valence-corrected chi connectivity index (χ3v) is 3.99. The Kier molecular flexibility index (Phi) is 4.31. The van der Waals surface area contributed by atoms with Gasteiger partial charge in [-0.05, 0) is 25.8 Å². The first kappa shape index (κ1) is 15.2. The number of benzene rings is 1. The van der Waals surface area contributed by atoms with Gasteiger partial charge < -0.3 is 9.47 Å². The van der Waals surface area contributed by atoms with E-state index < -0.39 is 11.2 Å². The van der Waals surface area contributed by atoms with E-state index in [1.54, 1.807) is 0 Å².